The highest BCUT2D eigenvalue weighted by molar-refractivity contribution is 7.20. The number of thiophene rings is 1. The summed E-state index contributed by atoms with van der Waals surface area (Å²) < 4.78 is 14.0. The largest absolute Gasteiger partial charge is 0.397 e. The Morgan fingerprint density at radius 3 is 2.53 bits per heavy atom. The van der Waals surface area contributed by atoms with Crippen molar-refractivity contribution in [2.75, 3.05) is 5.73 Å². The molecule has 0 radical (unpaired) electrons. The van der Waals surface area contributed by atoms with E-state index in [1.165, 1.54) is 17.4 Å². The van der Waals surface area contributed by atoms with Crippen LogP contribution < -0.4 is 5.73 Å². The van der Waals surface area contributed by atoms with Gasteiger partial charge < -0.3 is 5.73 Å². The molecule has 78 valence electrons. The summed E-state index contributed by atoms with van der Waals surface area (Å²) in [6, 6.07) is 6.61. The van der Waals surface area contributed by atoms with Crippen molar-refractivity contribution in [1.82, 2.24) is 0 Å². The standard InChI is InChI=1S/C11H9ClFNS/c1-6-9(14)11(12)15-10(6)7-4-2-3-5-8(7)13/h2-5H,14H2,1H3. The second-order valence-corrected chi connectivity index (χ2v) is 4.85. The number of halogens is 2. The Bertz CT molecular complexity index is 507. The molecule has 1 heterocycles. The molecule has 0 saturated carbocycles. The quantitative estimate of drug-likeness (QED) is 0.799. The van der Waals surface area contributed by atoms with Crippen molar-refractivity contribution in [3.8, 4) is 10.4 Å². The fraction of sp³-hybridized carbons (Fsp3) is 0.0909. The van der Waals surface area contributed by atoms with E-state index in [-0.39, 0.29) is 5.82 Å². The van der Waals surface area contributed by atoms with Crippen LogP contribution >= 0.6 is 22.9 Å². The van der Waals surface area contributed by atoms with Crippen LogP contribution in [0.1, 0.15) is 5.56 Å². The molecule has 0 aliphatic heterocycles. The first-order chi connectivity index (χ1) is 7.11. The van der Waals surface area contributed by atoms with Gasteiger partial charge in [-0.05, 0) is 18.6 Å². The van der Waals surface area contributed by atoms with Crippen LogP contribution in [-0.4, -0.2) is 0 Å². The van der Waals surface area contributed by atoms with Crippen LogP contribution in [0.5, 0.6) is 0 Å². The van der Waals surface area contributed by atoms with Gasteiger partial charge in [-0.15, -0.1) is 11.3 Å². The smallest absolute Gasteiger partial charge is 0.131 e. The van der Waals surface area contributed by atoms with Crippen molar-refractivity contribution in [2.24, 2.45) is 0 Å². The number of nitrogen functional groups attached to an aromatic ring is 1. The van der Waals surface area contributed by atoms with E-state index < -0.39 is 0 Å². The van der Waals surface area contributed by atoms with Crippen LogP contribution in [0.3, 0.4) is 0 Å². The lowest BCUT2D eigenvalue weighted by Crippen LogP contribution is -1.87. The van der Waals surface area contributed by atoms with Gasteiger partial charge in [0.2, 0.25) is 0 Å². The highest BCUT2D eigenvalue weighted by Gasteiger charge is 2.14. The van der Waals surface area contributed by atoms with Gasteiger partial charge in [-0.25, -0.2) is 4.39 Å². The van der Waals surface area contributed by atoms with Crippen LogP contribution in [-0.2, 0) is 0 Å². The molecule has 0 atom stereocenters. The minimum absolute atomic E-state index is 0.251. The first-order valence-corrected chi connectivity index (χ1v) is 5.60. The molecule has 0 fully saturated rings. The average Bonchev–Trinajstić information content (AvgIpc) is 2.47. The van der Waals surface area contributed by atoms with Gasteiger partial charge in [0.25, 0.3) is 0 Å². The number of nitrogens with two attached hydrogens (primary N) is 1. The van der Waals surface area contributed by atoms with Crippen molar-refractivity contribution in [2.45, 2.75) is 6.92 Å². The molecule has 2 rings (SSSR count). The molecule has 2 aromatic rings. The fourth-order valence-corrected chi connectivity index (χ4v) is 2.75. The highest BCUT2D eigenvalue weighted by atomic mass is 35.5. The number of rotatable bonds is 1. The van der Waals surface area contributed by atoms with Gasteiger partial charge >= 0.3 is 0 Å². The monoisotopic (exact) mass is 241 g/mol. The van der Waals surface area contributed by atoms with Crippen LogP contribution in [0.2, 0.25) is 4.34 Å². The molecule has 0 aliphatic carbocycles. The lowest BCUT2D eigenvalue weighted by molar-refractivity contribution is 0.631. The highest BCUT2D eigenvalue weighted by Crippen LogP contribution is 2.41. The zero-order valence-corrected chi connectivity index (χ0v) is 9.62. The van der Waals surface area contributed by atoms with Crippen LogP contribution in [0.25, 0.3) is 10.4 Å². The molecular formula is C11H9ClFNS. The average molecular weight is 242 g/mol. The molecule has 15 heavy (non-hydrogen) atoms. The van der Waals surface area contributed by atoms with Gasteiger partial charge in [0.1, 0.15) is 10.2 Å². The number of hydrogen-bond acceptors (Lipinski definition) is 2. The number of benzene rings is 1. The predicted molar refractivity (Wildman–Crippen MR) is 63.9 cm³/mol. The van der Waals surface area contributed by atoms with Crippen molar-refractivity contribution in [3.05, 3.63) is 40.0 Å². The van der Waals surface area contributed by atoms with Gasteiger partial charge in [-0.1, -0.05) is 29.8 Å². The SMILES string of the molecule is Cc1c(-c2ccccc2F)sc(Cl)c1N. The van der Waals surface area contributed by atoms with Gasteiger partial charge in [-0.3, -0.25) is 0 Å². The molecule has 0 aliphatic rings. The van der Waals surface area contributed by atoms with Gasteiger partial charge in [-0.2, -0.15) is 0 Å². The summed E-state index contributed by atoms with van der Waals surface area (Å²) in [5.74, 6) is -0.251. The van der Waals surface area contributed by atoms with Gasteiger partial charge in [0, 0.05) is 10.4 Å². The molecule has 1 nitrogen and oxygen atoms in total. The predicted octanol–water partition coefficient (Wildman–Crippen LogP) is 4.10. The Hall–Kier alpha value is -1.06. The van der Waals surface area contributed by atoms with Crippen LogP contribution in [0.4, 0.5) is 10.1 Å². The molecule has 2 N–H and O–H groups in total. The molecule has 0 unspecified atom stereocenters. The third-order valence-electron chi connectivity index (χ3n) is 2.27. The lowest BCUT2D eigenvalue weighted by Gasteiger charge is -2.01. The zero-order chi connectivity index (χ0) is 11.0. The van der Waals surface area contributed by atoms with E-state index in [0.29, 0.717) is 15.6 Å². The van der Waals surface area contributed by atoms with Gasteiger partial charge in [0.15, 0.2) is 0 Å². The second-order valence-electron chi connectivity index (χ2n) is 3.22. The third kappa shape index (κ3) is 1.73. The van der Waals surface area contributed by atoms with E-state index in [0.717, 1.165) is 10.4 Å². The fourth-order valence-electron chi connectivity index (χ4n) is 1.39. The summed E-state index contributed by atoms with van der Waals surface area (Å²) in [6.45, 7) is 1.85. The lowest BCUT2D eigenvalue weighted by atomic mass is 10.1. The second kappa shape index (κ2) is 3.83. The van der Waals surface area contributed by atoms with Crippen molar-refractivity contribution >= 4 is 28.6 Å². The number of anilines is 1. The molecule has 1 aromatic heterocycles. The summed E-state index contributed by atoms with van der Waals surface area (Å²) in [5.41, 5.74) is 7.68. The molecule has 0 saturated heterocycles. The summed E-state index contributed by atoms with van der Waals surface area (Å²) in [5, 5.41) is 0. The number of hydrogen-bond donors (Lipinski definition) is 1. The van der Waals surface area contributed by atoms with Gasteiger partial charge in [0.05, 0.1) is 5.69 Å². The maximum absolute atomic E-state index is 13.5. The summed E-state index contributed by atoms with van der Waals surface area (Å²) in [7, 11) is 0. The summed E-state index contributed by atoms with van der Waals surface area (Å²) in [6.07, 6.45) is 0. The van der Waals surface area contributed by atoms with Crippen molar-refractivity contribution in [3.63, 3.8) is 0 Å². The molecule has 0 spiro atoms. The third-order valence-corrected chi connectivity index (χ3v) is 3.83. The van der Waals surface area contributed by atoms with E-state index in [2.05, 4.69) is 0 Å². The van der Waals surface area contributed by atoms with E-state index in [4.69, 9.17) is 17.3 Å². The summed E-state index contributed by atoms with van der Waals surface area (Å²) >= 11 is 7.22. The van der Waals surface area contributed by atoms with Crippen molar-refractivity contribution < 1.29 is 4.39 Å². The van der Waals surface area contributed by atoms with E-state index >= 15 is 0 Å². The Morgan fingerprint density at radius 2 is 2.00 bits per heavy atom. The first-order valence-electron chi connectivity index (χ1n) is 4.40. The Balaban J connectivity index is 2.65. The molecule has 1 aromatic carbocycles. The summed E-state index contributed by atoms with van der Waals surface area (Å²) in [4.78, 5) is 0.801. The van der Waals surface area contributed by atoms with E-state index in [1.54, 1.807) is 18.2 Å². The topological polar surface area (TPSA) is 26.0 Å². The first kappa shape index (κ1) is 10.5. The minimum atomic E-state index is -0.251. The Morgan fingerprint density at radius 1 is 1.33 bits per heavy atom. The maximum atomic E-state index is 13.5. The van der Waals surface area contributed by atoms with E-state index in [9.17, 15) is 4.39 Å². The van der Waals surface area contributed by atoms with Crippen molar-refractivity contribution in [1.29, 1.82) is 0 Å². The molecular weight excluding hydrogens is 233 g/mol. The maximum Gasteiger partial charge on any atom is 0.131 e. The Labute approximate surface area is 96.3 Å². The zero-order valence-electron chi connectivity index (χ0n) is 8.05. The van der Waals surface area contributed by atoms with E-state index in [1.807, 2.05) is 6.92 Å². The normalized spacial score (nSPS) is 10.6. The molecule has 0 amide bonds. The van der Waals surface area contributed by atoms with Crippen LogP contribution in [0.15, 0.2) is 24.3 Å². The Kier molecular flexibility index (Phi) is 2.67. The molecule has 4 heteroatoms. The minimum Gasteiger partial charge on any atom is -0.397 e. The van der Waals surface area contributed by atoms with Crippen LogP contribution in [0, 0.1) is 12.7 Å². The molecule has 0 bridgehead atoms.